The first-order valence-electron chi connectivity index (χ1n) is 30.5. The van der Waals surface area contributed by atoms with E-state index in [9.17, 15) is 39.6 Å². The number of hydrogen-bond donors (Lipinski definition) is 5. The van der Waals surface area contributed by atoms with Crippen molar-refractivity contribution >= 4 is 145 Å². The summed E-state index contributed by atoms with van der Waals surface area (Å²) in [5, 5.41) is 26.5. The summed E-state index contributed by atoms with van der Waals surface area (Å²) in [7, 11) is -9.28. The number of aliphatic carboxylic acids is 1. The molecule has 0 bridgehead atoms. The standard InChI is InChI=1S/C25H27ClN2O5S.C17H18BrClN2O4S.C17H19ClN2O4S.C7H10BNO3.C2H4O2.Br2.Na/c1-15(2)13-33-24-21(26)11-18(12-28-24)19-7-6-17(22(29)14-34(5,30)31)10-20(19)23-16(3)8-9-27-25(23)32-4;1-10(2)9-25-17-15(19)7-12(8-20-17)13-5-4-11(6-14(13)18)16(22)21-26(3,23)24;1-11(2)10-24-17-15(18)8-14(9-19-17)12-4-6-13(7-5-12)16(21)20-25(3,22)23;1-5-3-4-9-7(12-2)6(5)8(10)11;1-2(3)4;1-2;/h6-12,15H,13-14H2,1-5H3;4-8,10H,9H2,1-3H3,(H,21,22);4-9,11H,10H2,1-3H3,(H,20,21);3-4,10-11H,1-2H3;1H3,(H,3,4);;/q;;;;;;+1. The molecule has 8 aromatic rings. The number of nitrogens with zero attached hydrogens (tertiary/aromatic N) is 5. The molecule has 0 radical (unpaired) electrons. The smallest absolute Gasteiger partial charge is 0.481 e. The van der Waals surface area contributed by atoms with Gasteiger partial charge in [-0.25, -0.2) is 59.6 Å². The second-order valence-electron chi connectivity index (χ2n) is 23.5. The van der Waals surface area contributed by atoms with Crippen molar-refractivity contribution in [3.8, 4) is 73.9 Å². The van der Waals surface area contributed by atoms with E-state index in [1.54, 1.807) is 98.6 Å². The molecular formula is C68H78BBr3Cl3N7NaO18S3+. The Morgan fingerprint density at radius 2 is 0.904 bits per heavy atom. The van der Waals surface area contributed by atoms with Crippen LogP contribution in [0.4, 0.5) is 0 Å². The van der Waals surface area contributed by atoms with E-state index in [2.05, 4.69) is 69.1 Å². The molecule has 5 N–H and O–H groups in total. The Morgan fingerprint density at radius 1 is 0.519 bits per heavy atom. The van der Waals surface area contributed by atoms with Crippen molar-refractivity contribution < 1.29 is 113 Å². The third kappa shape index (κ3) is 32.4. The number of carboxylic acids is 1. The second kappa shape index (κ2) is 44.7. The number of ketones is 1. The topological polar surface area (TPSA) is 366 Å². The van der Waals surface area contributed by atoms with Crippen LogP contribution in [0, 0.1) is 31.6 Å². The average molecular weight is 1760 g/mol. The number of carbonyl (C=O) groups is 4. The van der Waals surface area contributed by atoms with Crippen molar-refractivity contribution in [2.24, 2.45) is 17.8 Å². The fraction of sp³-hybridized carbons (Fsp3) is 0.309. The number of nitrogens with one attached hydrogen (secondary N) is 2. The molecule has 0 atom stereocenters. The zero-order valence-electron chi connectivity index (χ0n) is 59.4. The molecule has 0 aliphatic heterocycles. The summed E-state index contributed by atoms with van der Waals surface area (Å²) in [5.74, 6) is -0.527. The summed E-state index contributed by atoms with van der Waals surface area (Å²) in [6.45, 7) is 18.5. The molecule has 0 spiro atoms. The van der Waals surface area contributed by atoms with Gasteiger partial charge in [-0.3, -0.25) is 19.2 Å². The molecule has 0 aliphatic rings. The number of pyridine rings is 5. The van der Waals surface area contributed by atoms with Crippen LogP contribution in [0.5, 0.6) is 29.4 Å². The van der Waals surface area contributed by atoms with Gasteiger partial charge >= 0.3 is 36.7 Å². The van der Waals surface area contributed by atoms with E-state index in [1.165, 1.54) is 38.5 Å². The number of ether oxygens (including phenoxy) is 5. The van der Waals surface area contributed by atoms with Crippen molar-refractivity contribution in [1.82, 2.24) is 34.4 Å². The van der Waals surface area contributed by atoms with Gasteiger partial charge < -0.3 is 38.8 Å². The Hall–Kier alpha value is -6.37. The van der Waals surface area contributed by atoms with Crippen molar-refractivity contribution in [3.63, 3.8) is 0 Å². The van der Waals surface area contributed by atoms with Crippen LogP contribution in [0.25, 0.3) is 44.5 Å². The van der Waals surface area contributed by atoms with Crippen LogP contribution in [0.1, 0.15) is 90.7 Å². The maximum absolute atomic E-state index is 12.7. The Balaban J connectivity index is 0.000000476. The molecule has 5 heterocycles. The number of carboxylic acid groups (broad SMARTS) is 1. The predicted octanol–water partition coefficient (Wildman–Crippen LogP) is 9.92. The van der Waals surface area contributed by atoms with E-state index in [0.717, 1.165) is 64.6 Å². The number of methoxy groups -OCH3 is 2. The quantitative estimate of drug-likeness (QED) is 0.0293. The molecule has 36 heteroatoms. The second-order valence-corrected chi connectivity index (χ2v) is 31.2. The van der Waals surface area contributed by atoms with Crippen molar-refractivity contribution in [2.75, 3.05) is 58.6 Å². The molecule has 8 rings (SSSR count). The van der Waals surface area contributed by atoms with Gasteiger partial charge in [-0.2, -0.15) is 0 Å². The molecule has 0 saturated heterocycles. The van der Waals surface area contributed by atoms with Crippen LogP contribution in [-0.4, -0.2) is 155 Å². The molecule has 5 aromatic heterocycles. The van der Waals surface area contributed by atoms with Gasteiger partial charge in [0.1, 0.15) is 20.8 Å². The van der Waals surface area contributed by atoms with Gasteiger partial charge in [-0.05, 0) is 126 Å². The minimum absolute atomic E-state index is 0. The molecule has 0 saturated carbocycles. The van der Waals surface area contributed by atoms with E-state index in [1.807, 2.05) is 64.0 Å². The Morgan fingerprint density at radius 3 is 1.30 bits per heavy atom. The van der Waals surface area contributed by atoms with Crippen LogP contribution < -0.4 is 68.1 Å². The number of rotatable bonds is 23. The summed E-state index contributed by atoms with van der Waals surface area (Å²) < 4.78 is 99.5. The van der Waals surface area contributed by atoms with Crippen LogP contribution in [0.2, 0.25) is 15.1 Å². The van der Waals surface area contributed by atoms with E-state index < -0.39 is 66.3 Å². The van der Waals surface area contributed by atoms with Gasteiger partial charge in [0.25, 0.3) is 17.8 Å². The first-order valence-corrected chi connectivity index (χ1v) is 41.9. The first kappa shape index (κ1) is 93.7. The summed E-state index contributed by atoms with van der Waals surface area (Å²) in [6.07, 6.45) is 11.0. The molecule has 556 valence electrons. The summed E-state index contributed by atoms with van der Waals surface area (Å²) in [5.41, 5.74) is 8.46. The number of aromatic nitrogens is 5. The van der Waals surface area contributed by atoms with Crippen molar-refractivity contribution in [1.29, 1.82) is 0 Å². The average Bonchev–Trinajstić information content (AvgIpc) is 0.778. The SMILES string of the molecule is BrBr.CC(=O)O.CC(C)COc1ncc(-c2ccc(C(=O)NS(C)(=O)=O)cc2)cc1Cl.CC(C)COc1ncc(-c2ccc(C(=O)NS(C)(=O)=O)cc2Br)cc1Cl.COc1nccc(C)c1-c1cc(C(=O)CS(C)(=O)=O)ccc1-c1cnc(OCC(C)C)c(Cl)c1.COc1nccc(C)c1B(O)O.[Na+]. The van der Waals surface area contributed by atoms with Gasteiger partial charge in [0.05, 0.1) is 46.6 Å². The molecular weight excluding hydrogens is 1680 g/mol. The molecule has 104 heavy (non-hydrogen) atoms. The third-order valence-corrected chi connectivity index (χ3v) is 16.3. The van der Waals surface area contributed by atoms with E-state index in [0.29, 0.717) is 103 Å². The number of sulfone groups is 1. The maximum atomic E-state index is 12.7. The van der Waals surface area contributed by atoms with Crippen LogP contribution in [-0.2, 0) is 34.7 Å². The summed E-state index contributed by atoms with van der Waals surface area (Å²) in [6, 6.07) is 24.9. The van der Waals surface area contributed by atoms with Gasteiger partial charge in [-0.1, -0.05) is 123 Å². The number of carbonyl (C=O) groups excluding carboxylic acids is 3. The molecule has 0 aliphatic carbocycles. The van der Waals surface area contributed by atoms with E-state index in [-0.39, 0.29) is 52.1 Å². The number of halogens is 6. The van der Waals surface area contributed by atoms with Crippen LogP contribution in [0.3, 0.4) is 0 Å². The summed E-state index contributed by atoms with van der Waals surface area (Å²) in [4.78, 5) is 66.4. The minimum Gasteiger partial charge on any atom is -0.481 e. The Kier molecular flexibility index (Phi) is 40.3. The monoisotopic (exact) mass is 1750 g/mol. The number of amides is 2. The zero-order valence-corrected chi connectivity index (χ0v) is 70.9. The fourth-order valence-corrected chi connectivity index (χ4v) is 11.3. The minimum atomic E-state index is -3.62. The molecule has 25 nitrogen and oxygen atoms in total. The Labute approximate surface area is 667 Å². The largest absolute Gasteiger partial charge is 1.00 e. The number of Topliss-reactive ketones (excluding diaryl/α,β-unsaturated/α-hetero) is 1. The fourth-order valence-electron chi connectivity index (χ4n) is 8.48. The molecule has 0 unspecified atom stereocenters. The third-order valence-electron chi connectivity index (χ3n) is 12.9. The van der Waals surface area contributed by atoms with E-state index >= 15 is 0 Å². The number of sulfonamides is 2. The van der Waals surface area contributed by atoms with Crippen LogP contribution in [0.15, 0.2) is 126 Å². The van der Waals surface area contributed by atoms with Gasteiger partial charge in [0.15, 0.2) is 15.6 Å². The van der Waals surface area contributed by atoms with E-state index in [4.69, 9.17) is 78.4 Å². The normalized spacial score (nSPS) is 10.8. The van der Waals surface area contributed by atoms with Gasteiger partial charge in [-0.15, -0.1) is 0 Å². The Bertz CT molecular complexity index is 4600. The van der Waals surface area contributed by atoms with Gasteiger partial charge in [0, 0.05) is 121 Å². The number of benzene rings is 3. The van der Waals surface area contributed by atoms with Crippen LogP contribution >= 0.6 is 79.0 Å². The van der Waals surface area contributed by atoms with Crippen molar-refractivity contribution in [2.45, 2.75) is 62.3 Å². The predicted molar refractivity (Wildman–Crippen MR) is 412 cm³/mol. The number of aryl methyl sites for hydroxylation is 2. The molecule has 2 amide bonds. The summed E-state index contributed by atoms with van der Waals surface area (Å²) >= 11 is 27.8. The maximum Gasteiger partial charge on any atom is 1.00 e. The first-order chi connectivity index (χ1) is 48.1. The zero-order chi connectivity index (χ0) is 77.9. The number of hydrogen-bond acceptors (Lipinski definition) is 22. The van der Waals surface area contributed by atoms with Gasteiger partial charge in [0.2, 0.25) is 49.4 Å². The molecule has 0 fully saturated rings. The molecule has 3 aromatic carbocycles. The van der Waals surface area contributed by atoms with Crippen molar-refractivity contribution in [3.05, 3.63) is 169 Å².